The quantitative estimate of drug-likeness (QED) is 0.859. The molecule has 1 aliphatic rings. The topological polar surface area (TPSA) is 72.5 Å². The number of hydrogen-bond acceptors (Lipinski definition) is 6. The second kappa shape index (κ2) is 5.98. The molecule has 5 nitrogen and oxygen atoms in total. The van der Waals surface area contributed by atoms with Crippen LogP contribution in [0.4, 0.5) is 5.69 Å². The normalized spacial score (nSPS) is 13.4. The van der Waals surface area contributed by atoms with Gasteiger partial charge in [0, 0.05) is 22.3 Å². The van der Waals surface area contributed by atoms with E-state index in [-0.39, 0.29) is 32.6 Å². The van der Waals surface area contributed by atoms with Crippen LogP contribution in [0.25, 0.3) is 0 Å². The van der Waals surface area contributed by atoms with Crippen molar-refractivity contribution in [1.29, 1.82) is 0 Å². The summed E-state index contributed by atoms with van der Waals surface area (Å²) in [5.41, 5.74) is 0.993. The summed E-state index contributed by atoms with van der Waals surface area (Å²) >= 11 is 6.77. The molecule has 3 rings (SSSR count). The van der Waals surface area contributed by atoms with Crippen LogP contribution >= 0.6 is 22.9 Å². The summed E-state index contributed by atoms with van der Waals surface area (Å²) in [4.78, 5) is 36.7. The number of carbonyl (C=O) groups excluding carboxylic acids is 3. The van der Waals surface area contributed by atoms with E-state index in [4.69, 9.17) is 11.6 Å². The van der Waals surface area contributed by atoms with Gasteiger partial charge in [0.1, 0.15) is 4.88 Å². The Morgan fingerprint density at radius 1 is 1.22 bits per heavy atom. The zero-order chi connectivity index (χ0) is 16.6. The monoisotopic (exact) mass is 347 g/mol. The summed E-state index contributed by atoms with van der Waals surface area (Å²) in [6.07, 6.45) is 1.23. The van der Waals surface area contributed by atoms with Crippen molar-refractivity contribution in [1.82, 2.24) is 0 Å². The number of Topliss-reactive ketones (excluding diaryl/α,β-unsaturated/α-hetero) is 1. The van der Waals surface area contributed by atoms with Crippen molar-refractivity contribution in [3.63, 3.8) is 0 Å². The van der Waals surface area contributed by atoms with E-state index in [1.807, 2.05) is 0 Å². The first-order chi connectivity index (χ1) is 11.0. The van der Waals surface area contributed by atoms with Gasteiger partial charge in [-0.15, -0.1) is 11.3 Å². The SMILES string of the molecule is COC(=O)c1cc2c(s1)C(=O)C=C(Nc1ccc(Cl)cc1)C2=O. The summed E-state index contributed by atoms with van der Waals surface area (Å²) in [5, 5.41) is 3.47. The molecule has 0 bridgehead atoms. The third-order valence-electron chi connectivity index (χ3n) is 3.23. The Balaban J connectivity index is 1.92. The second-order valence-electron chi connectivity index (χ2n) is 4.73. The fraction of sp³-hybridized carbons (Fsp3) is 0.0625. The average Bonchev–Trinajstić information content (AvgIpc) is 3.00. The maximum Gasteiger partial charge on any atom is 0.348 e. The Kier molecular flexibility index (Phi) is 4.02. The minimum atomic E-state index is -0.572. The summed E-state index contributed by atoms with van der Waals surface area (Å²) in [6, 6.07) is 8.13. The molecule has 0 spiro atoms. The summed E-state index contributed by atoms with van der Waals surface area (Å²) in [6.45, 7) is 0. The highest BCUT2D eigenvalue weighted by Gasteiger charge is 2.30. The summed E-state index contributed by atoms with van der Waals surface area (Å²) in [5.74, 6) is -1.24. The first-order valence-electron chi connectivity index (χ1n) is 6.55. The maximum absolute atomic E-state index is 12.5. The zero-order valence-corrected chi connectivity index (χ0v) is 13.5. The van der Waals surface area contributed by atoms with Crippen molar-refractivity contribution >= 4 is 46.2 Å². The fourth-order valence-electron chi connectivity index (χ4n) is 2.13. The lowest BCUT2D eigenvalue weighted by molar-refractivity contribution is 0.0606. The van der Waals surface area contributed by atoms with Gasteiger partial charge in [0.2, 0.25) is 5.78 Å². The number of allylic oxidation sites excluding steroid dienone is 2. The van der Waals surface area contributed by atoms with Crippen LogP contribution in [0.3, 0.4) is 0 Å². The molecule has 0 amide bonds. The van der Waals surface area contributed by atoms with Crippen molar-refractivity contribution in [3.8, 4) is 0 Å². The minimum Gasteiger partial charge on any atom is -0.465 e. The van der Waals surface area contributed by atoms with E-state index in [9.17, 15) is 14.4 Å². The Morgan fingerprint density at radius 3 is 2.57 bits per heavy atom. The summed E-state index contributed by atoms with van der Waals surface area (Å²) in [7, 11) is 1.25. The third kappa shape index (κ3) is 2.91. The van der Waals surface area contributed by atoms with Crippen LogP contribution in [0.2, 0.25) is 5.02 Å². The van der Waals surface area contributed by atoms with Gasteiger partial charge in [-0.1, -0.05) is 11.6 Å². The second-order valence-corrected chi connectivity index (χ2v) is 6.22. The highest BCUT2D eigenvalue weighted by atomic mass is 35.5. The number of thiophene rings is 1. The van der Waals surface area contributed by atoms with Crippen LogP contribution in [0.5, 0.6) is 0 Å². The van der Waals surface area contributed by atoms with Crippen LogP contribution in [-0.2, 0) is 4.74 Å². The molecule has 1 heterocycles. The van der Waals surface area contributed by atoms with Gasteiger partial charge in [0.15, 0.2) is 5.78 Å². The Bertz CT molecular complexity index is 851. The molecule has 116 valence electrons. The van der Waals surface area contributed by atoms with Crippen LogP contribution in [0.15, 0.2) is 42.1 Å². The lowest BCUT2D eigenvalue weighted by Gasteiger charge is -2.13. The van der Waals surface area contributed by atoms with Crippen LogP contribution in [-0.4, -0.2) is 24.6 Å². The molecule has 1 aromatic heterocycles. The standard InChI is InChI=1S/C16H10ClNO4S/c1-22-16(21)13-6-10-14(20)11(7-12(19)15(10)23-13)18-9-4-2-8(17)3-5-9/h2-7,18H,1H3. The van der Waals surface area contributed by atoms with E-state index in [2.05, 4.69) is 10.1 Å². The van der Waals surface area contributed by atoms with E-state index < -0.39 is 5.97 Å². The van der Waals surface area contributed by atoms with E-state index in [0.29, 0.717) is 10.7 Å². The van der Waals surface area contributed by atoms with Gasteiger partial charge in [-0.05, 0) is 30.3 Å². The highest BCUT2D eigenvalue weighted by Crippen LogP contribution is 2.30. The molecule has 0 saturated carbocycles. The number of rotatable bonds is 3. The highest BCUT2D eigenvalue weighted by molar-refractivity contribution is 7.16. The number of ketones is 2. The molecule has 0 atom stereocenters. The molecule has 1 N–H and O–H groups in total. The molecule has 23 heavy (non-hydrogen) atoms. The molecule has 0 saturated heterocycles. The number of nitrogens with one attached hydrogen (secondary N) is 1. The minimum absolute atomic E-state index is 0.152. The Morgan fingerprint density at radius 2 is 1.91 bits per heavy atom. The average molecular weight is 348 g/mol. The largest absolute Gasteiger partial charge is 0.465 e. The fourth-order valence-corrected chi connectivity index (χ4v) is 3.24. The maximum atomic E-state index is 12.5. The Hall–Kier alpha value is -2.44. The molecule has 1 aromatic carbocycles. The van der Waals surface area contributed by atoms with Crippen LogP contribution < -0.4 is 5.32 Å². The first-order valence-corrected chi connectivity index (χ1v) is 7.74. The number of methoxy groups -OCH3 is 1. The van der Waals surface area contributed by atoms with Crippen LogP contribution in [0.1, 0.15) is 29.7 Å². The number of anilines is 1. The number of fused-ring (bicyclic) bond motifs is 1. The van der Waals surface area contributed by atoms with E-state index in [1.165, 1.54) is 19.3 Å². The van der Waals surface area contributed by atoms with E-state index >= 15 is 0 Å². The molecule has 0 radical (unpaired) electrons. The van der Waals surface area contributed by atoms with Crippen molar-refractivity contribution in [2.45, 2.75) is 0 Å². The molecular formula is C16H10ClNO4S. The smallest absolute Gasteiger partial charge is 0.348 e. The van der Waals surface area contributed by atoms with Crippen molar-refractivity contribution < 1.29 is 19.1 Å². The number of carbonyl (C=O) groups is 3. The molecule has 2 aromatic rings. The molecule has 0 aliphatic heterocycles. The van der Waals surface area contributed by atoms with Crippen molar-refractivity contribution in [3.05, 3.63) is 62.4 Å². The number of benzene rings is 1. The lowest BCUT2D eigenvalue weighted by Crippen LogP contribution is -2.19. The number of hydrogen-bond donors (Lipinski definition) is 1. The predicted octanol–water partition coefficient (Wildman–Crippen LogP) is 3.56. The van der Waals surface area contributed by atoms with Crippen LogP contribution in [0, 0.1) is 0 Å². The van der Waals surface area contributed by atoms with E-state index in [0.717, 1.165) is 11.3 Å². The molecule has 7 heteroatoms. The van der Waals surface area contributed by atoms with Crippen molar-refractivity contribution in [2.24, 2.45) is 0 Å². The number of ether oxygens (including phenoxy) is 1. The van der Waals surface area contributed by atoms with Gasteiger partial charge in [-0.3, -0.25) is 9.59 Å². The van der Waals surface area contributed by atoms with Gasteiger partial charge in [-0.2, -0.15) is 0 Å². The van der Waals surface area contributed by atoms with Gasteiger partial charge in [-0.25, -0.2) is 4.79 Å². The van der Waals surface area contributed by atoms with E-state index in [1.54, 1.807) is 24.3 Å². The molecule has 0 unspecified atom stereocenters. The molecular weight excluding hydrogens is 338 g/mol. The predicted molar refractivity (Wildman–Crippen MR) is 87.5 cm³/mol. The van der Waals surface area contributed by atoms with Gasteiger partial charge >= 0.3 is 5.97 Å². The molecule has 1 aliphatic carbocycles. The summed E-state index contributed by atoms with van der Waals surface area (Å²) < 4.78 is 4.62. The number of esters is 1. The first kappa shape index (κ1) is 15.5. The lowest BCUT2D eigenvalue weighted by atomic mass is 10.00. The van der Waals surface area contributed by atoms with Crippen molar-refractivity contribution in [2.75, 3.05) is 12.4 Å². The van der Waals surface area contributed by atoms with Gasteiger partial charge in [0.25, 0.3) is 0 Å². The van der Waals surface area contributed by atoms with Gasteiger partial charge < -0.3 is 10.1 Å². The Labute approximate surface area is 140 Å². The van der Waals surface area contributed by atoms with Gasteiger partial charge in [0.05, 0.1) is 17.7 Å². The third-order valence-corrected chi connectivity index (χ3v) is 4.61. The number of halogens is 1. The molecule has 0 fully saturated rings. The zero-order valence-electron chi connectivity index (χ0n) is 11.9.